The molecule has 2 atom stereocenters. The van der Waals surface area contributed by atoms with Crippen molar-refractivity contribution in [2.45, 2.75) is 39.2 Å². The highest BCUT2D eigenvalue weighted by molar-refractivity contribution is 4.95. The van der Waals surface area contributed by atoms with Gasteiger partial charge in [0.25, 0.3) is 0 Å². The van der Waals surface area contributed by atoms with Crippen LogP contribution in [0, 0.1) is 5.41 Å². The van der Waals surface area contributed by atoms with E-state index in [1.54, 1.807) is 7.11 Å². The van der Waals surface area contributed by atoms with Gasteiger partial charge in [-0.3, -0.25) is 0 Å². The van der Waals surface area contributed by atoms with Gasteiger partial charge >= 0.3 is 0 Å². The quantitative estimate of drug-likeness (QED) is 0.659. The Morgan fingerprint density at radius 1 is 1.31 bits per heavy atom. The third-order valence-corrected chi connectivity index (χ3v) is 3.32. The molecule has 0 aromatic heterocycles. The minimum Gasteiger partial charge on any atom is -0.387 e. The summed E-state index contributed by atoms with van der Waals surface area (Å²) in [4.78, 5) is 0. The van der Waals surface area contributed by atoms with Crippen LogP contribution in [0.2, 0.25) is 0 Å². The van der Waals surface area contributed by atoms with Gasteiger partial charge in [0.2, 0.25) is 0 Å². The number of rotatable bonds is 6. The van der Waals surface area contributed by atoms with Crippen LogP contribution in [-0.4, -0.2) is 31.0 Å². The fraction of sp³-hybridized carbons (Fsp3) is 1.00. The molecule has 0 spiro atoms. The topological polar surface area (TPSA) is 55.5 Å². The maximum Gasteiger partial charge on any atom is 0.0942 e. The Kier molecular flexibility index (Phi) is 4.89. The zero-order valence-electron chi connectivity index (χ0n) is 9.26. The van der Waals surface area contributed by atoms with Gasteiger partial charge in [-0.15, -0.1) is 0 Å². The van der Waals surface area contributed by atoms with E-state index in [0.717, 1.165) is 6.42 Å². The third-order valence-electron chi connectivity index (χ3n) is 3.32. The van der Waals surface area contributed by atoms with Crippen molar-refractivity contribution >= 4 is 0 Å². The van der Waals surface area contributed by atoms with Gasteiger partial charge in [-0.2, -0.15) is 0 Å². The minimum absolute atomic E-state index is 0.252. The summed E-state index contributed by atoms with van der Waals surface area (Å²) < 4.78 is 5.04. The maximum atomic E-state index is 10.3. The van der Waals surface area contributed by atoms with Gasteiger partial charge in [-0.1, -0.05) is 20.8 Å². The molecule has 0 amide bonds. The molecule has 0 radical (unpaired) electrons. The molecular weight excluding hydrogens is 166 g/mol. The first-order chi connectivity index (χ1) is 5.99. The Morgan fingerprint density at radius 3 is 2.08 bits per heavy atom. The van der Waals surface area contributed by atoms with Gasteiger partial charge in [0.1, 0.15) is 0 Å². The molecule has 0 aliphatic carbocycles. The fourth-order valence-electron chi connectivity index (χ4n) is 1.61. The monoisotopic (exact) mass is 189 g/mol. The van der Waals surface area contributed by atoms with Gasteiger partial charge in [0.05, 0.1) is 12.2 Å². The summed E-state index contributed by atoms with van der Waals surface area (Å²) in [5.74, 6) is 0. The number of hydrogen-bond acceptors (Lipinski definition) is 3. The molecule has 3 nitrogen and oxygen atoms in total. The first kappa shape index (κ1) is 12.9. The van der Waals surface area contributed by atoms with E-state index >= 15 is 0 Å². The number of aliphatic hydroxyl groups is 1. The third kappa shape index (κ3) is 2.42. The van der Waals surface area contributed by atoms with Crippen molar-refractivity contribution in [3.63, 3.8) is 0 Å². The molecule has 13 heavy (non-hydrogen) atoms. The second-order valence-corrected chi connectivity index (χ2v) is 3.94. The number of hydrogen-bond donors (Lipinski definition) is 2. The first-order valence-electron chi connectivity index (χ1n) is 4.91. The SMILES string of the molecule is CCC(C)(CN)C(O)(CC)COC. The zero-order chi connectivity index (χ0) is 10.5. The van der Waals surface area contributed by atoms with E-state index in [1.165, 1.54) is 0 Å². The van der Waals surface area contributed by atoms with Gasteiger partial charge in [0.15, 0.2) is 0 Å². The van der Waals surface area contributed by atoms with Gasteiger partial charge in [-0.25, -0.2) is 0 Å². The molecule has 0 rings (SSSR count). The molecule has 0 heterocycles. The summed E-state index contributed by atoms with van der Waals surface area (Å²) in [6, 6.07) is 0. The van der Waals surface area contributed by atoms with Crippen molar-refractivity contribution in [1.29, 1.82) is 0 Å². The highest BCUT2D eigenvalue weighted by Crippen LogP contribution is 2.36. The maximum absolute atomic E-state index is 10.3. The Morgan fingerprint density at radius 2 is 1.85 bits per heavy atom. The summed E-state index contributed by atoms with van der Waals surface area (Å²) >= 11 is 0. The summed E-state index contributed by atoms with van der Waals surface area (Å²) in [5.41, 5.74) is 4.64. The number of nitrogens with two attached hydrogens (primary N) is 1. The van der Waals surface area contributed by atoms with Gasteiger partial charge in [-0.05, 0) is 12.8 Å². The second-order valence-electron chi connectivity index (χ2n) is 3.94. The van der Waals surface area contributed by atoms with Crippen molar-refractivity contribution < 1.29 is 9.84 Å². The molecule has 3 heteroatoms. The van der Waals surface area contributed by atoms with E-state index in [2.05, 4.69) is 0 Å². The average molecular weight is 189 g/mol. The number of ether oxygens (including phenoxy) is 1. The fourth-order valence-corrected chi connectivity index (χ4v) is 1.61. The molecule has 0 aromatic carbocycles. The highest BCUT2D eigenvalue weighted by Gasteiger charge is 2.43. The lowest BCUT2D eigenvalue weighted by atomic mass is 9.70. The van der Waals surface area contributed by atoms with Crippen LogP contribution in [0.4, 0.5) is 0 Å². The molecule has 0 bridgehead atoms. The van der Waals surface area contributed by atoms with E-state index in [1.807, 2.05) is 20.8 Å². The average Bonchev–Trinajstić information content (AvgIpc) is 2.16. The molecule has 0 aliphatic rings. The van der Waals surface area contributed by atoms with Crippen LogP contribution >= 0.6 is 0 Å². The van der Waals surface area contributed by atoms with Crippen LogP contribution < -0.4 is 5.73 Å². The molecule has 0 aromatic rings. The summed E-state index contributed by atoms with van der Waals surface area (Å²) in [7, 11) is 1.60. The molecule has 0 saturated heterocycles. The van der Waals surface area contributed by atoms with Crippen molar-refractivity contribution in [3.05, 3.63) is 0 Å². The van der Waals surface area contributed by atoms with Crippen molar-refractivity contribution in [3.8, 4) is 0 Å². The van der Waals surface area contributed by atoms with Crippen LogP contribution in [0.25, 0.3) is 0 Å². The van der Waals surface area contributed by atoms with Gasteiger partial charge in [0, 0.05) is 19.1 Å². The lowest BCUT2D eigenvalue weighted by molar-refractivity contribution is -0.119. The van der Waals surface area contributed by atoms with Gasteiger partial charge < -0.3 is 15.6 Å². The summed E-state index contributed by atoms with van der Waals surface area (Å²) in [6.45, 7) is 6.85. The van der Waals surface area contributed by atoms with Crippen molar-refractivity contribution in [2.75, 3.05) is 20.3 Å². The molecular formula is C10H23NO2. The minimum atomic E-state index is -0.800. The van der Waals surface area contributed by atoms with E-state index in [-0.39, 0.29) is 5.41 Å². The summed E-state index contributed by atoms with van der Waals surface area (Å²) in [5, 5.41) is 10.3. The Balaban J connectivity index is 4.68. The lowest BCUT2D eigenvalue weighted by Gasteiger charge is -2.43. The Hall–Kier alpha value is -0.120. The van der Waals surface area contributed by atoms with Crippen LogP contribution in [0.1, 0.15) is 33.6 Å². The Labute approximate surface area is 81.3 Å². The zero-order valence-corrected chi connectivity index (χ0v) is 9.26. The van der Waals surface area contributed by atoms with E-state index in [0.29, 0.717) is 19.6 Å². The molecule has 2 unspecified atom stereocenters. The largest absolute Gasteiger partial charge is 0.387 e. The van der Waals surface area contributed by atoms with Crippen LogP contribution in [0.15, 0.2) is 0 Å². The van der Waals surface area contributed by atoms with Crippen LogP contribution in [0.5, 0.6) is 0 Å². The predicted molar refractivity (Wildman–Crippen MR) is 54.6 cm³/mol. The van der Waals surface area contributed by atoms with E-state index in [4.69, 9.17) is 10.5 Å². The van der Waals surface area contributed by atoms with E-state index < -0.39 is 5.60 Å². The highest BCUT2D eigenvalue weighted by atomic mass is 16.5. The van der Waals surface area contributed by atoms with Crippen LogP contribution in [-0.2, 0) is 4.74 Å². The lowest BCUT2D eigenvalue weighted by Crippen LogP contribution is -2.53. The van der Waals surface area contributed by atoms with Crippen molar-refractivity contribution in [2.24, 2.45) is 11.1 Å². The summed E-state index contributed by atoms with van der Waals surface area (Å²) in [6.07, 6.45) is 1.53. The number of methoxy groups -OCH3 is 1. The molecule has 3 N–H and O–H groups in total. The molecule has 0 aliphatic heterocycles. The standard InChI is InChI=1S/C10H23NO2/c1-5-9(3,7-11)10(12,6-2)8-13-4/h12H,5-8,11H2,1-4H3. The smallest absolute Gasteiger partial charge is 0.0942 e. The predicted octanol–water partition coefficient (Wildman–Crippen LogP) is 1.15. The molecule has 0 fully saturated rings. The molecule has 80 valence electrons. The normalized spacial score (nSPS) is 20.8. The molecule has 0 saturated carbocycles. The van der Waals surface area contributed by atoms with Crippen LogP contribution in [0.3, 0.4) is 0 Å². The second kappa shape index (κ2) is 4.94. The van der Waals surface area contributed by atoms with E-state index in [9.17, 15) is 5.11 Å². The Bertz CT molecular complexity index is 146. The first-order valence-corrected chi connectivity index (χ1v) is 4.91. The van der Waals surface area contributed by atoms with Crippen molar-refractivity contribution in [1.82, 2.24) is 0 Å².